The minimum absolute atomic E-state index is 0.111. The van der Waals surface area contributed by atoms with E-state index in [1.54, 1.807) is 42.8 Å². The van der Waals surface area contributed by atoms with E-state index in [0.29, 0.717) is 29.1 Å². The van der Waals surface area contributed by atoms with E-state index < -0.39 is 5.69 Å². The second-order valence-corrected chi connectivity index (χ2v) is 6.34. The number of methoxy groups -OCH3 is 1. The number of hydrogen-bond donors (Lipinski definition) is 2. The Morgan fingerprint density at radius 2 is 2.00 bits per heavy atom. The predicted octanol–water partition coefficient (Wildman–Crippen LogP) is 1.05. The molecule has 0 spiro atoms. The Hall–Kier alpha value is -2.71. The first-order chi connectivity index (χ1) is 12.1. The smallest absolute Gasteiger partial charge is 0.333 e. The van der Waals surface area contributed by atoms with Crippen LogP contribution in [0.3, 0.4) is 0 Å². The summed E-state index contributed by atoms with van der Waals surface area (Å²) in [5, 5.41) is 4.50. The third-order valence-corrected chi connectivity index (χ3v) is 4.60. The number of aromatic amines is 1. The summed E-state index contributed by atoms with van der Waals surface area (Å²) in [5.74, 6) is -0.111. The van der Waals surface area contributed by atoms with E-state index >= 15 is 0 Å². The molecule has 3 aromatic rings. The Kier molecular flexibility index (Phi) is 5.11. The molecule has 2 N–H and O–H groups in total. The average Bonchev–Trinajstić information content (AvgIpc) is 3.05. The Morgan fingerprint density at radius 3 is 2.72 bits per heavy atom. The van der Waals surface area contributed by atoms with Gasteiger partial charge in [0.25, 0.3) is 5.56 Å². The molecule has 130 valence electrons. The van der Waals surface area contributed by atoms with Crippen molar-refractivity contribution in [2.24, 2.45) is 0 Å². The molecule has 2 heterocycles. The van der Waals surface area contributed by atoms with Gasteiger partial charge < -0.3 is 15.0 Å². The molecule has 0 aliphatic heterocycles. The van der Waals surface area contributed by atoms with Crippen LogP contribution in [-0.4, -0.2) is 35.7 Å². The van der Waals surface area contributed by atoms with Gasteiger partial charge in [-0.15, -0.1) is 11.3 Å². The normalized spacial score (nSPS) is 10.9. The second kappa shape index (κ2) is 7.45. The zero-order valence-electron chi connectivity index (χ0n) is 13.6. The van der Waals surface area contributed by atoms with Crippen molar-refractivity contribution in [3.8, 4) is 5.69 Å². The van der Waals surface area contributed by atoms with Crippen molar-refractivity contribution in [3.05, 3.63) is 62.1 Å². The van der Waals surface area contributed by atoms with Gasteiger partial charge in [-0.25, -0.2) is 9.36 Å². The Balaban J connectivity index is 1.82. The van der Waals surface area contributed by atoms with Crippen LogP contribution in [0.2, 0.25) is 0 Å². The highest BCUT2D eigenvalue weighted by molar-refractivity contribution is 7.17. The van der Waals surface area contributed by atoms with Crippen LogP contribution < -0.4 is 16.6 Å². The highest BCUT2D eigenvalue weighted by atomic mass is 32.1. The molecule has 1 amide bonds. The summed E-state index contributed by atoms with van der Waals surface area (Å²) in [7, 11) is 1.57. The van der Waals surface area contributed by atoms with Crippen LogP contribution in [0.5, 0.6) is 0 Å². The van der Waals surface area contributed by atoms with Crippen LogP contribution in [0.15, 0.2) is 45.3 Å². The highest BCUT2D eigenvalue weighted by Gasteiger charge is 2.11. The van der Waals surface area contributed by atoms with E-state index in [4.69, 9.17) is 4.74 Å². The minimum atomic E-state index is -0.485. The highest BCUT2D eigenvalue weighted by Crippen LogP contribution is 2.14. The molecule has 25 heavy (non-hydrogen) atoms. The van der Waals surface area contributed by atoms with Gasteiger partial charge in [0.15, 0.2) is 0 Å². The summed E-state index contributed by atoms with van der Waals surface area (Å²) in [6.07, 6.45) is 0.221. The number of ether oxygens (including phenoxy) is 1. The van der Waals surface area contributed by atoms with E-state index in [9.17, 15) is 14.4 Å². The lowest BCUT2D eigenvalue weighted by Gasteiger charge is -2.07. The van der Waals surface area contributed by atoms with Crippen molar-refractivity contribution in [1.82, 2.24) is 14.9 Å². The Bertz CT molecular complexity index is 1000. The van der Waals surface area contributed by atoms with Gasteiger partial charge in [-0.2, -0.15) is 0 Å². The van der Waals surface area contributed by atoms with Crippen LogP contribution >= 0.6 is 11.3 Å². The molecule has 2 aromatic heterocycles. The average molecular weight is 359 g/mol. The van der Waals surface area contributed by atoms with E-state index in [2.05, 4.69) is 10.3 Å². The molecular weight excluding hydrogens is 342 g/mol. The summed E-state index contributed by atoms with van der Waals surface area (Å²) >= 11 is 1.29. The summed E-state index contributed by atoms with van der Waals surface area (Å²) in [6, 6.07) is 8.49. The molecule has 3 rings (SSSR count). The summed E-state index contributed by atoms with van der Waals surface area (Å²) in [5.41, 5.74) is 0.964. The number of fused-ring (bicyclic) bond motifs is 1. The Morgan fingerprint density at radius 1 is 1.24 bits per heavy atom. The lowest BCUT2D eigenvalue weighted by molar-refractivity contribution is -0.120. The minimum Gasteiger partial charge on any atom is -0.383 e. The van der Waals surface area contributed by atoms with Gasteiger partial charge in [-0.3, -0.25) is 9.59 Å². The monoisotopic (exact) mass is 359 g/mol. The third-order valence-electron chi connectivity index (χ3n) is 3.69. The number of carbonyl (C=O) groups excluding carboxylic acids is 1. The number of rotatable bonds is 6. The molecule has 1 aromatic carbocycles. The molecule has 0 saturated carbocycles. The fourth-order valence-corrected chi connectivity index (χ4v) is 3.25. The lowest BCUT2D eigenvalue weighted by atomic mass is 10.1. The summed E-state index contributed by atoms with van der Waals surface area (Å²) in [4.78, 5) is 39.2. The SMILES string of the molecule is COCCNC(=O)Cc1ccc(-n2c(=O)[nH]c3ccsc3c2=O)cc1. The number of aromatic nitrogens is 2. The first kappa shape index (κ1) is 17.1. The van der Waals surface area contributed by atoms with Crippen LogP contribution in [-0.2, 0) is 16.0 Å². The maximum Gasteiger partial charge on any atom is 0.333 e. The number of benzene rings is 1. The number of thiophene rings is 1. The quantitative estimate of drug-likeness (QED) is 0.643. The van der Waals surface area contributed by atoms with Crippen molar-refractivity contribution in [2.75, 3.05) is 20.3 Å². The van der Waals surface area contributed by atoms with Crippen molar-refractivity contribution in [3.63, 3.8) is 0 Å². The predicted molar refractivity (Wildman–Crippen MR) is 96.6 cm³/mol. The number of H-pyrrole nitrogens is 1. The summed E-state index contributed by atoms with van der Waals surface area (Å²) < 4.78 is 6.48. The maximum absolute atomic E-state index is 12.5. The van der Waals surface area contributed by atoms with Crippen molar-refractivity contribution < 1.29 is 9.53 Å². The van der Waals surface area contributed by atoms with E-state index in [1.165, 1.54) is 11.3 Å². The topological polar surface area (TPSA) is 93.2 Å². The molecule has 0 atom stereocenters. The molecule has 0 bridgehead atoms. The van der Waals surface area contributed by atoms with E-state index in [1.807, 2.05) is 0 Å². The third kappa shape index (κ3) is 3.70. The fourth-order valence-electron chi connectivity index (χ4n) is 2.48. The van der Waals surface area contributed by atoms with Crippen molar-refractivity contribution in [1.29, 1.82) is 0 Å². The van der Waals surface area contributed by atoms with Crippen LogP contribution in [0.4, 0.5) is 0 Å². The number of carbonyl (C=O) groups is 1. The maximum atomic E-state index is 12.5. The zero-order valence-corrected chi connectivity index (χ0v) is 14.4. The molecule has 8 heteroatoms. The van der Waals surface area contributed by atoms with Crippen molar-refractivity contribution >= 4 is 27.5 Å². The Labute approximate surface area is 146 Å². The summed E-state index contributed by atoms with van der Waals surface area (Å²) in [6.45, 7) is 0.917. The number of hydrogen-bond acceptors (Lipinski definition) is 5. The molecular formula is C17H17N3O4S. The van der Waals surface area contributed by atoms with Crippen LogP contribution in [0.1, 0.15) is 5.56 Å². The van der Waals surface area contributed by atoms with Gasteiger partial charge >= 0.3 is 5.69 Å². The van der Waals surface area contributed by atoms with E-state index in [-0.39, 0.29) is 17.9 Å². The van der Waals surface area contributed by atoms with Crippen molar-refractivity contribution in [2.45, 2.75) is 6.42 Å². The van der Waals surface area contributed by atoms with Gasteiger partial charge in [-0.05, 0) is 29.1 Å². The molecule has 0 aliphatic carbocycles. The standard InChI is InChI=1S/C17H17N3O4S/c1-24-8-7-18-14(21)10-11-2-4-12(5-3-11)20-16(22)15-13(6-9-25-15)19-17(20)23/h2-6,9H,7-8,10H2,1H3,(H,18,21)(H,19,23). The van der Waals surface area contributed by atoms with Crippen LogP contribution in [0, 0.1) is 0 Å². The number of nitrogens with one attached hydrogen (secondary N) is 2. The molecule has 0 unspecified atom stereocenters. The largest absolute Gasteiger partial charge is 0.383 e. The van der Waals surface area contributed by atoms with Crippen LogP contribution in [0.25, 0.3) is 15.9 Å². The van der Waals surface area contributed by atoms with Gasteiger partial charge in [0.2, 0.25) is 5.91 Å². The molecule has 0 saturated heterocycles. The zero-order chi connectivity index (χ0) is 17.8. The molecule has 0 radical (unpaired) electrons. The van der Waals surface area contributed by atoms with E-state index in [0.717, 1.165) is 10.1 Å². The number of amides is 1. The van der Waals surface area contributed by atoms with Gasteiger partial charge in [0.1, 0.15) is 4.70 Å². The number of nitrogens with zero attached hydrogens (tertiary/aromatic N) is 1. The molecule has 0 aliphatic rings. The van der Waals surface area contributed by atoms with Gasteiger partial charge in [0.05, 0.1) is 24.2 Å². The second-order valence-electron chi connectivity index (χ2n) is 5.42. The van der Waals surface area contributed by atoms with Gasteiger partial charge in [-0.1, -0.05) is 12.1 Å². The lowest BCUT2D eigenvalue weighted by Crippen LogP contribution is -2.33. The molecule has 7 nitrogen and oxygen atoms in total. The first-order valence-electron chi connectivity index (χ1n) is 7.67. The fraction of sp³-hybridized carbons (Fsp3) is 0.235. The van der Waals surface area contributed by atoms with Gasteiger partial charge in [0, 0.05) is 13.7 Å². The molecule has 0 fully saturated rings. The first-order valence-corrected chi connectivity index (χ1v) is 8.55.